The van der Waals surface area contributed by atoms with Gasteiger partial charge in [-0.1, -0.05) is 12.0 Å². The summed E-state index contributed by atoms with van der Waals surface area (Å²) in [6.07, 6.45) is 5.31. The number of nitrogens with zero attached hydrogens (tertiary/aromatic N) is 2. The monoisotopic (exact) mass is 260 g/mol. The van der Waals surface area contributed by atoms with Crippen LogP contribution in [0.3, 0.4) is 0 Å². The number of aromatic nitrogens is 2. The number of rotatable bonds is 1. The highest BCUT2D eigenvalue weighted by atomic mass is 16.5. The highest BCUT2D eigenvalue weighted by Crippen LogP contribution is 2.22. The normalized spacial score (nSPS) is 9.85. The summed E-state index contributed by atoms with van der Waals surface area (Å²) in [6, 6.07) is 11.6. The standard InChI is InChI=1S/C17H12N2O/c1-20-16-7-8-17-13(11-18-12-14(17)10-16)5-6-15-4-2-3-9-19-15/h2-4,7-12H,1H3. The average Bonchev–Trinajstić information content (AvgIpc) is 2.53. The number of benzene rings is 1. The summed E-state index contributed by atoms with van der Waals surface area (Å²) < 4.78 is 5.22. The summed E-state index contributed by atoms with van der Waals surface area (Å²) >= 11 is 0. The van der Waals surface area contributed by atoms with Gasteiger partial charge in [-0.2, -0.15) is 0 Å². The van der Waals surface area contributed by atoms with Gasteiger partial charge in [0.1, 0.15) is 11.4 Å². The smallest absolute Gasteiger partial charge is 0.119 e. The van der Waals surface area contributed by atoms with Crippen LogP contribution < -0.4 is 4.74 Å². The Hall–Kier alpha value is -2.86. The summed E-state index contributed by atoms with van der Waals surface area (Å²) in [6.45, 7) is 0. The third kappa shape index (κ3) is 2.45. The van der Waals surface area contributed by atoms with Crippen LogP contribution in [0.2, 0.25) is 0 Å². The largest absolute Gasteiger partial charge is 0.497 e. The minimum atomic E-state index is 0.748. The second-order valence-electron chi connectivity index (χ2n) is 4.24. The van der Waals surface area contributed by atoms with Crippen molar-refractivity contribution in [1.82, 2.24) is 9.97 Å². The maximum Gasteiger partial charge on any atom is 0.119 e. The molecule has 0 aliphatic rings. The molecule has 0 aliphatic heterocycles. The molecule has 2 aromatic heterocycles. The number of hydrogen-bond acceptors (Lipinski definition) is 3. The Morgan fingerprint density at radius 1 is 1.05 bits per heavy atom. The molecule has 96 valence electrons. The lowest BCUT2D eigenvalue weighted by atomic mass is 10.1. The zero-order chi connectivity index (χ0) is 13.8. The van der Waals surface area contributed by atoms with Crippen LogP contribution in [-0.4, -0.2) is 17.1 Å². The Morgan fingerprint density at radius 2 is 2.00 bits per heavy atom. The first-order valence-corrected chi connectivity index (χ1v) is 6.21. The number of methoxy groups -OCH3 is 1. The predicted octanol–water partition coefficient (Wildman–Crippen LogP) is 3.04. The van der Waals surface area contributed by atoms with E-state index in [4.69, 9.17) is 4.74 Å². The number of pyridine rings is 2. The van der Waals surface area contributed by atoms with Crippen molar-refractivity contribution < 1.29 is 4.74 Å². The SMILES string of the molecule is COc1ccc2c(C#Cc3ccccn3)cncc2c1. The first kappa shape index (κ1) is 12.2. The van der Waals surface area contributed by atoms with E-state index < -0.39 is 0 Å². The Bertz CT molecular complexity index is 801. The molecular weight excluding hydrogens is 248 g/mol. The number of fused-ring (bicyclic) bond motifs is 1. The van der Waals surface area contributed by atoms with Crippen LogP contribution >= 0.6 is 0 Å². The van der Waals surface area contributed by atoms with E-state index in [2.05, 4.69) is 21.8 Å². The van der Waals surface area contributed by atoms with Crippen LogP contribution in [0.15, 0.2) is 55.0 Å². The lowest BCUT2D eigenvalue weighted by molar-refractivity contribution is 0.415. The lowest BCUT2D eigenvalue weighted by Gasteiger charge is -2.03. The fraction of sp³-hybridized carbons (Fsp3) is 0.0588. The Labute approximate surface area is 117 Å². The number of hydrogen-bond donors (Lipinski definition) is 0. The van der Waals surface area contributed by atoms with E-state index in [0.29, 0.717) is 0 Å². The fourth-order valence-electron chi connectivity index (χ4n) is 1.95. The van der Waals surface area contributed by atoms with Crippen molar-refractivity contribution in [3.8, 4) is 17.6 Å². The molecule has 0 atom stereocenters. The second kappa shape index (κ2) is 5.41. The molecule has 2 heterocycles. The molecule has 0 spiro atoms. The summed E-state index contributed by atoms with van der Waals surface area (Å²) in [7, 11) is 1.65. The van der Waals surface area contributed by atoms with E-state index >= 15 is 0 Å². The van der Waals surface area contributed by atoms with Crippen LogP contribution in [0.1, 0.15) is 11.3 Å². The third-order valence-corrected chi connectivity index (χ3v) is 2.96. The van der Waals surface area contributed by atoms with Crippen molar-refractivity contribution in [2.24, 2.45) is 0 Å². The first-order chi connectivity index (χ1) is 9.86. The molecule has 0 saturated heterocycles. The molecule has 0 radical (unpaired) electrons. The van der Waals surface area contributed by atoms with Gasteiger partial charge in [-0.3, -0.25) is 4.98 Å². The van der Waals surface area contributed by atoms with Crippen molar-refractivity contribution in [3.63, 3.8) is 0 Å². The Kier molecular flexibility index (Phi) is 3.30. The van der Waals surface area contributed by atoms with Gasteiger partial charge in [0.15, 0.2) is 0 Å². The molecule has 0 unspecified atom stereocenters. The number of ether oxygens (including phenoxy) is 1. The molecule has 20 heavy (non-hydrogen) atoms. The average molecular weight is 260 g/mol. The van der Waals surface area contributed by atoms with Crippen molar-refractivity contribution >= 4 is 10.8 Å². The predicted molar refractivity (Wildman–Crippen MR) is 78.5 cm³/mol. The van der Waals surface area contributed by atoms with Gasteiger partial charge in [0.25, 0.3) is 0 Å². The van der Waals surface area contributed by atoms with Crippen molar-refractivity contribution in [3.05, 3.63) is 66.2 Å². The molecule has 3 nitrogen and oxygen atoms in total. The minimum absolute atomic E-state index is 0.748. The lowest BCUT2D eigenvalue weighted by Crippen LogP contribution is -1.86. The van der Waals surface area contributed by atoms with E-state index in [9.17, 15) is 0 Å². The van der Waals surface area contributed by atoms with Gasteiger partial charge in [0.05, 0.1) is 12.7 Å². The van der Waals surface area contributed by atoms with E-state index in [1.807, 2.05) is 42.6 Å². The third-order valence-electron chi connectivity index (χ3n) is 2.96. The molecule has 3 rings (SSSR count). The van der Waals surface area contributed by atoms with E-state index in [1.54, 1.807) is 19.5 Å². The van der Waals surface area contributed by atoms with Crippen molar-refractivity contribution in [2.45, 2.75) is 0 Å². The van der Waals surface area contributed by atoms with Crippen molar-refractivity contribution in [2.75, 3.05) is 7.11 Å². The van der Waals surface area contributed by atoms with Gasteiger partial charge in [-0.05, 0) is 36.3 Å². The molecule has 0 aliphatic carbocycles. The van der Waals surface area contributed by atoms with Gasteiger partial charge in [-0.25, -0.2) is 4.98 Å². The molecule has 3 aromatic rings. The van der Waals surface area contributed by atoms with Crippen LogP contribution in [0, 0.1) is 11.8 Å². The van der Waals surface area contributed by atoms with Gasteiger partial charge in [-0.15, -0.1) is 0 Å². The summed E-state index contributed by atoms with van der Waals surface area (Å²) in [5.41, 5.74) is 1.63. The molecule has 0 N–H and O–H groups in total. The zero-order valence-electron chi connectivity index (χ0n) is 11.0. The Morgan fingerprint density at radius 3 is 2.80 bits per heavy atom. The molecular formula is C17H12N2O. The van der Waals surface area contributed by atoms with Crippen molar-refractivity contribution in [1.29, 1.82) is 0 Å². The summed E-state index contributed by atoms with van der Waals surface area (Å²) in [4.78, 5) is 8.41. The molecule has 1 aromatic carbocycles. The summed E-state index contributed by atoms with van der Waals surface area (Å²) in [5, 5.41) is 2.07. The highest BCUT2D eigenvalue weighted by molar-refractivity contribution is 5.88. The summed E-state index contributed by atoms with van der Waals surface area (Å²) in [5.74, 6) is 6.99. The minimum Gasteiger partial charge on any atom is -0.497 e. The van der Waals surface area contributed by atoms with E-state index in [-0.39, 0.29) is 0 Å². The highest BCUT2D eigenvalue weighted by Gasteiger charge is 2.01. The van der Waals surface area contributed by atoms with Gasteiger partial charge in [0, 0.05) is 29.4 Å². The maximum atomic E-state index is 5.22. The van der Waals surface area contributed by atoms with Gasteiger partial charge >= 0.3 is 0 Å². The van der Waals surface area contributed by atoms with Gasteiger partial charge < -0.3 is 4.74 Å². The van der Waals surface area contributed by atoms with Crippen LogP contribution in [-0.2, 0) is 0 Å². The topological polar surface area (TPSA) is 35.0 Å². The molecule has 3 heteroatoms. The molecule has 0 bridgehead atoms. The van der Waals surface area contributed by atoms with E-state index in [0.717, 1.165) is 27.8 Å². The van der Waals surface area contributed by atoms with Crippen LogP contribution in [0.4, 0.5) is 0 Å². The van der Waals surface area contributed by atoms with Crippen LogP contribution in [0.25, 0.3) is 10.8 Å². The fourth-order valence-corrected chi connectivity index (χ4v) is 1.95. The first-order valence-electron chi connectivity index (χ1n) is 6.21. The van der Waals surface area contributed by atoms with Crippen LogP contribution in [0.5, 0.6) is 5.75 Å². The Balaban J connectivity index is 2.07. The maximum absolute atomic E-state index is 5.22. The molecule has 0 fully saturated rings. The molecule has 0 saturated carbocycles. The second-order valence-corrected chi connectivity index (χ2v) is 4.24. The molecule has 0 amide bonds. The zero-order valence-corrected chi connectivity index (χ0v) is 11.0. The quantitative estimate of drug-likeness (QED) is 0.631. The van der Waals surface area contributed by atoms with E-state index in [1.165, 1.54) is 0 Å². The van der Waals surface area contributed by atoms with Gasteiger partial charge in [0.2, 0.25) is 0 Å².